The number of sulfonamides is 1. The maximum atomic E-state index is 12.5. The molecule has 0 radical (unpaired) electrons. The Hall–Kier alpha value is -0.430. The van der Waals surface area contributed by atoms with Gasteiger partial charge >= 0.3 is 0 Å². The third kappa shape index (κ3) is 2.77. The second-order valence-electron chi connectivity index (χ2n) is 4.57. The van der Waals surface area contributed by atoms with Crippen LogP contribution in [0.15, 0.2) is 16.3 Å². The zero-order chi connectivity index (χ0) is 13.2. The van der Waals surface area contributed by atoms with E-state index in [-0.39, 0.29) is 6.04 Å². The summed E-state index contributed by atoms with van der Waals surface area (Å²) in [6.07, 6.45) is 2.86. The molecule has 6 heteroatoms. The minimum absolute atomic E-state index is 0.277. The second-order valence-corrected chi connectivity index (χ2v) is 7.90. The van der Waals surface area contributed by atoms with Crippen LogP contribution in [0.3, 0.4) is 0 Å². The highest BCUT2D eigenvalue weighted by Crippen LogP contribution is 2.27. The normalized spacial score (nSPS) is 22.2. The van der Waals surface area contributed by atoms with E-state index in [0.29, 0.717) is 17.3 Å². The van der Waals surface area contributed by atoms with Gasteiger partial charge in [-0.3, -0.25) is 0 Å². The number of likely N-dealkylation sites (N-methyl/N-ethyl adjacent to an activating group) is 1. The van der Waals surface area contributed by atoms with Crippen molar-refractivity contribution in [3.8, 4) is 0 Å². The molecular weight excluding hydrogens is 268 g/mol. The lowest BCUT2D eigenvalue weighted by atomic mass is 10.1. The zero-order valence-corrected chi connectivity index (χ0v) is 12.5. The van der Waals surface area contributed by atoms with Gasteiger partial charge in [-0.25, -0.2) is 8.42 Å². The third-order valence-electron chi connectivity index (χ3n) is 3.37. The molecule has 1 atom stereocenters. The monoisotopic (exact) mass is 288 g/mol. The molecule has 1 fully saturated rings. The van der Waals surface area contributed by atoms with Crippen molar-refractivity contribution in [3.05, 3.63) is 17.0 Å². The van der Waals surface area contributed by atoms with Crippen LogP contribution in [-0.4, -0.2) is 38.9 Å². The number of thiophene rings is 1. The number of nitrogens with zero attached hydrogens (tertiary/aromatic N) is 1. The highest BCUT2D eigenvalue weighted by atomic mass is 32.2. The third-order valence-corrected chi connectivity index (χ3v) is 6.93. The molecule has 1 aliphatic heterocycles. The van der Waals surface area contributed by atoms with E-state index in [1.165, 1.54) is 11.3 Å². The summed E-state index contributed by atoms with van der Waals surface area (Å²) >= 11 is 1.39. The minimum Gasteiger partial charge on any atom is -0.316 e. The smallest absolute Gasteiger partial charge is 0.252 e. The Balaban J connectivity index is 2.19. The summed E-state index contributed by atoms with van der Waals surface area (Å²) in [5.74, 6) is 0. The van der Waals surface area contributed by atoms with Gasteiger partial charge in [0.1, 0.15) is 4.21 Å². The van der Waals surface area contributed by atoms with Gasteiger partial charge in [-0.1, -0.05) is 6.92 Å². The lowest BCUT2D eigenvalue weighted by Gasteiger charge is -2.31. The van der Waals surface area contributed by atoms with Crippen LogP contribution >= 0.6 is 11.3 Å². The molecule has 0 amide bonds. The number of rotatable bonds is 4. The van der Waals surface area contributed by atoms with Gasteiger partial charge in [0.2, 0.25) is 0 Å². The predicted molar refractivity (Wildman–Crippen MR) is 74.5 cm³/mol. The van der Waals surface area contributed by atoms with Crippen molar-refractivity contribution in [3.63, 3.8) is 0 Å². The molecule has 1 unspecified atom stereocenters. The van der Waals surface area contributed by atoms with Crippen LogP contribution in [0.4, 0.5) is 0 Å². The molecule has 0 aromatic carbocycles. The molecule has 2 heterocycles. The van der Waals surface area contributed by atoms with E-state index in [1.54, 1.807) is 10.4 Å². The van der Waals surface area contributed by atoms with Crippen LogP contribution in [-0.2, 0) is 16.4 Å². The van der Waals surface area contributed by atoms with Crippen LogP contribution in [0.25, 0.3) is 0 Å². The van der Waals surface area contributed by atoms with Gasteiger partial charge in [-0.05, 0) is 38.4 Å². The van der Waals surface area contributed by atoms with E-state index in [9.17, 15) is 8.42 Å². The molecule has 0 saturated carbocycles. The Labute approximate surface area is 113 Å². The van der Waals surface area contributed by atoms with Gasteiger partial charge in [0, 0.05) is 24.0 Å². The molecular formula is C12H20N2O2S2. The van der Waals surface area contributed by atoms with Gasteiger partial charge in [0.05, 0.1) is 0 Å². The van der Waals surface area contributed by atoms with E-state index in [4.69, 9.17) is 0 Å². The average Bonchev–Trinajstić information content (AvgIpc) is 2.88. The van der Waals surface area contributed by atoms with Crippen LogP contribution in [0.5, 0.6) is 0 Å². The van der Waals surface area contributed by atoms with Gasteiger partial charge in [-0.2, -0.15) is 4.31 Å². The van der Waals surface area contributed by atoms with Crippen LogP contribution in [0.2, 0.25) is 0 Å². The molecule has 0 bridgehead atoms. The molecule has 1 aromatic rings. The van der Waals surface area contributed by atoms with Gasteiger partial charge in [0.15, 0.2) is 0 Å². The minimum atomic E-state index is -3.28. The van der Waals surface area contributed by atoms with Crippen molar-refractivity contribution in [2.45, 2.75) is 36.4 Å². The topological polar surface area (TPSA) is 49.4 Å². The number of hydrogen-bond donors (Lipinski definition) is 1. The van der Waals surface area contributed by atoms with Crippen molar-refractivity contribution in [1.82, 2.24) is 9.62 Å². The maximum absolute atomic E-state index is 12.5. The maximum Gasteiger partial charge on any atom is 0.252 e. The molecule has 1 aromatic heterocycles. The fourth-order valence-corrected chi connectivity index (χ4v) is 5.18. The number of hydrogen-bond acceptors (Lipinski definition) is 4. The summed E-state index contributed by atoms with van der Waals surface area (Å²) in [7, 11) is -1.39. The average molecular weight is 288 g/mol. The van der Waals surface area contributed by atoms with E-state index in [1.807, 2.05) is 20.0 Å². The first-order valence-corrected chi connectivity index (χ1v) is 8.59. The van der Waals surface area contributed by atoms with E-state index < -0.39 is 10.0 Å². The molecule has 1 N–H and O–H groups in total. The molecule has 0 spiro atoms. The van der Waals surface area contributed by atoms with E-state index in [0.717, 1.165) is 24.1 Å². The Morgan fingerprint density at radius 1 is 1.50 bits per heavy atom. The summed E-state index contributed by atoms with van der Waals surface area (Å²) in [5.41, 5.74) is 0. The van der Waals surface area contributed by atoms with E-state index >= 15 is 0 Å². The highest BCUT2D eigenvalue weighted by molar-refractivity contribution is 7.91. The van der Waals surface area contributed by atoms with Crippen molar-refractivity contribution < 1.29 is 8.42 Å². The quantitative estimate of drug-likeness (QED) is 0.917. The van der Waals surface area contributed by atoms with Crippen LogP contribution in [0.1, 0.15) is 24.6 Å². The van der Waals surface area contributed by atoms with Crippen molar-refractivity contribution in [2.24, 2.45) is 0 Å². The summed E-state index contributed by atoms with van der Waals surface area (Å²) in [4.78, 5) is 1.12. The Morgan fingerprint density at radius 2 is 2.28 bits per heavy atom. The van der Waals surface area contributed by atoms with E-state index in [2.05, 4.69) is 5.32 Å². The highest BCUT2D eigenvalue weighted by Gasteiger charge is 2.30. The number of piperidine rings is 1. The van der Waals surface area contributed by atoms with Crippen molar-refractivity contribution in [1.29, 1.82) is 0 Å². The number of nitrogens with one attached hydrogen (secondary N) is 1. The first-order valence-electron chi connectivity index (χ1n) is 6.34. The lowest BCUT2D eigenvalue weighted by Crippen LogP contribution is -2.46. The predicted octanol–water partition coefficient (Wildman–Crippen LogP) is 1.68. The standard InChI is InChI=1S/C12H20N2O2S2/c1-3-11-6-7-12(17-11)18(15,16)14-8-4-5-10(9-14)13-2/h6-7,10,13H,3-5,8-9H2,1-2H3. The Bertz CT molecular complexity index is 496. The molecule has 102 valence electrons. The van der Waals surface area contributed by atoms with Gasteiger partial charge in [0.25, 0.3) is 10.0 Å². The SMILES string of the molecule is CCc1ccc(S(=O)(=O)N2CCCC(NC)C2)s1. The second kappa shape index (κ2) is 5.69. The van der Waals surface area contributed by atoms with Gasteiger partial charge < -0.3 is 5.32 Å². The van der Waals surface area contributed by atoms with Crippen LogP contribution in [0, 0.1) is 0 Å². The summed E-state index contributed by atoms with van der Waals surface area (Å²) < 4.78 is 27.1. The largest absolute Gasteiger partial charge is 0.316 e. The lowest BCUT2D eigenvalue weighted by molar-refractivity contribution is 0.293. The van der Waals surface area contributed by atoms with Crippen LogP contribution < -0.4 is 5.32 Å². The fraction of sp³-hybridized carbons (Fsp3) is 0.667. The first kappa shape index (κ1) is 14.0. The first-order chi connectivity index (χ1) is 8.57. The number of aryl methyl sites for hydroxylation is 1. The Morgan fingerprint density at radius 3 is 2.89 bits per heavy atom. The zero-order valence-electron chi connectivity index (χ0n) is 10.8. The molecule has 4 nitrogen and oxygen atoms in total. The van der Waals surface area contributed by atoms with Crippen molar-refractivity contribution >= 4 is 21.4 Å². The molecule has 18 heavy (non-hydrogen) atoms. The molecule has 2 rings (SSSR count). The summed E-state index contributed by atoms with van der Waals surface area (Å²) in [5, 5.41) is 3.17. The summed E-state index contributed by atoms with van der Waals surface area (Å²) in [6.45, 7) is 3.26. The molecule has 1 aliphatic rings. The Kier molecular flexibility index (Phi) is 4.42. The molecule has 0 aliphatic carbocycles. The fourth-order valence-electron chi connectivity index (χ4n) is 2.21. The van der Waals surface area contributed by atoms with Gasteiger partial charge in [-0.15, -0.1) is 11.3 Å². The summed E-state index contributed by atoms with van der Waals surface area (Å²) in [6, 6.07) is 3.93. The van der Waals surface area contributed by atoms with Crippen molar-refractivity contribution in [2.75, 3.05) is 20.1 Å². The molecule has 1 saturated heterocycles.